The monoisotopic (exact) mass is 223 g/mol. The lowest BCUT2D eigenvalue weighted by Gasteiger charge is -2.16. The molecule has 16 heavy (non-hydrogen) atoms. The molecule has 1 unspecified atom stereocenters. The van der Waals surface area contributed by atoms with Gasteiger partial charge in [-0.1, -0.05) is 31.2 Å². The molecule has 2 N–H and O–H groups in total. The lowest BCUT2D eigenvalue weighted by Crippen LogP contribution is -2.15. The average Bonchev–Trinajstić information content (AvgIpc) is 2.16. The summed E-state index contributed by atoms with van der Waals surface area (Å²) in [6, 6.07) is 8.18. The molecular weight excluding hydrogens is 201 g/mol. The fourth-order valence-corrected chi connectivity index (χ4v) is 1.91. The summed E-state index contributed by atoms with van der Waals surface area (Å²) >= 11 is 0. The number of halogens is 1. The molecule has 0 saturated heterocycles. The van der Waals surface area contributed by atoms with Crippen molar-refractivity contribution in [3.63, 3.8) is 0 Å². The van der Waals surface area contributed by atoms with Gasteiger partial charge in [0, 0.05) is 6.42 Å². The van der Waals surface area contributed by atoms with E-state index in [9.17, 15) is 4.39 Å². The van der Waals surface area contributed by atoms with E-state index in [0.717, 1.165) is 12.0 Å². The van der Waals surface area contributed by atoms with Crippen LogP contribution < -0.4 is 5.73 Å². The minimum atomic E-state index is -1.14. The van der Waals surface area contributed by atoms with Crippen molar-refractivity contribution in [1.82, 2.24) is 0 Å². The van der Waals surface area contributed by atoms with Crippen molar-refractivity contribution >= 4 is 0 Å². The van der Waals surface area contributed by atoms with Gasteiger partial charge in [0.05, 0.1) is 0 Å². The molecular formula is C14H22FN. The molecule has 0 aromatic heterocycles. The summed E-state index contributed by atoms with van der Waals surface area (Å²) in [6.07, 6.45) is 1.44. The first-order valence-electron chi connectivity index (χ1n) is 5.90. The standard InChI is InChI=1S/C14H22FN/c1-11(7-8-16)13-6-4-5-12(9-13)10-14(2,3)15/h4-6,9,11H,7-8,10,16H2,1-3H3. The van der Waals surface area contributed by atoms with Crippen LogP contribution in [0.25, 0.3) is 0 Å². The number of rotatable bonds is 5. The number of hydrogen-bond donors (Lipinski definition) is 1. The third-order valence-electron chi connectivity index (χ3n) is 2.74. The van der Waals surface area contributed by atoms with Crippen molar-refractivity contribution in [3.8, 4) is 0 Å². The highest BCUT2D eigenvalue weighted by molar-refractivity contribution is 5.27. The van der Waals surface area contributed by atoms with Crippen LogP contribution in [0.4, 0.5) is 4.39 Å². The summed E-state index contributed by atoms with van der Waals surface area (Å²) in [5.74, 6) is 0.452. The third-order valence-corrected chi connectivity index (χ3v) is 2.74. The maximum Gasteiger partial charge on any atom is 0.109 e. The smallest absolute Gasteiger partial charge is 0.109 e. The molecule has 0 fully saturated rings. The summed E-state index contributed by atoms with van der Waals surface area (Å²) in [6.45, 7) is 6.08. The Kier molecular flexibility index (Phi) is 4.48. The minimum absolute atomic E-state index is 0.452. The van der Waals surface area contributed by atoms with E-state index in [2.05, 4.69) is 19.1 Å². The van der Waals surface area contributed by atoms with Crippen molar-refractivity contribution in [2.75, 3.05) is 6.54 Å². The molecule has 1 nitrogen and oxygen atoms in total. The minimum Gasteiger partial charge on any atom is -0.330 e. The SMILES string of the molecule is CC(CCN)c1cccc(CC(C)(C)F)c1. The van der Waals surface area contributed by atoms with Gasteiger partial charge in [0.2, 0.25) is 0 Å². The van der Waals surface area contributed by atoms with Crippen LogP contribution in [0.5, 0.6) is 0 Å². The summed E-state index contributed by atoms with van der Waals surface area (Å²) in [4.78, 5) is 0. The molecule has 0 radical (unpaired) electrons. The largest absolute Gasteiger partial charge is 0.330 e. The zero-order chi connectivity index (χ0) is 12.2. The van der Waals surface area contributed by atoms with Crippen LogP contribution >= 0.6 is 0 Å². The van der Waals surface area contributed by atoms with Crippen LogP contribution in [0.15, 0.2) is 24.3 Å². The Morgan fingerprint density at radius 2 is 2.06 bits per heavy atom. The Labute approximate surface area is 97.9 Å². The van der Waals surface area contributed by atoms with Gasteiger partial charge in [-0.05, 0) is 43.9 Å². The Hall–Kier alpha value is -0.890. The van der Waals surface area contributed by atoms with Gasteiger partial charge in [0.25, 0.3) is 0 Å². The highest BCUT2D eigenvalue weighted by Crippen LogP contribution is 2.22. The third kappa shape index (κ3) is 4.31. The van der Waals surface area contributed by atoms with Crippen molar-refractivity contribution in [1.29, 1.82) is 0 Å². The quantitative estimate of drug-likeness (QED) is 0.813. The zero-order valence-corrected chi connectivity index (χ0v) is 10.5. The number of benzene rings is 1. The van der Waals surface area contributed by atoms with Crippen LogP contribution in [0.1, 0.15) is 44.2 Å². The van der Waals surface area contributed by atoms with Crippen LogP contribution in [-0.4, -0.2) is 12.2 Å². The van der Waals surface area contributed by atoms with E-state index >= 15 is 0 Å². The van der Waals surface area contributed by atoms with Gasteiger partial charge in [-0.2, -0.15) is 0 Å². The Morgan fingerprint density at radius 1 is 1.38 bits per heavy atom. The first-order valence-corrected chi connectivity index (χ1v) is 5.90. The second-order valence-electron chi connectivity index (χ2n) is 5.12. The molecule has 2 heteroatoms. The molecule has 1 aromatic carbocycles. The van der Waals surface area contributed by atoms with Gasteiger partial charge in [-0.15, -0.1) is 0 Å². The maximum atomic E-state index is 13.5. The second kappa shape index (κ2) is 5.44. The van der Waals surface area contributed by atoms with Crippen LogP contribution in [0.3, 0.4) is 0 Å². The summed E-state index contributed by atoms with van der Waals surface area (Å²) in [5.41, 5.74) is 6.72. The lowest BCUT2D eigenvalue weighted by molar-refractivity contribution is 0.217. The zero-order valence-electron chi connectivity index (χ0n) is 10.5. The predicted molar refractivity (Wildman–Crippen MR) is 67.4 cm³/mol. The van der Waals surface area contributed by atoms with Gasteiger partial charge in [0.15, 0.2) is 0 Å². The molecule has 1 atom stereocenters. The fraction of sp³-hybridized carbons (Fsp3) is 0.571. The topological polar surface area (TPSA) is 26.0 Å². The van der Waals surface area contributed by atoms with E-state index in [4.69, 9.17) is 5.73 Å². The van der Waals surface area contributed by atoms with Gasteiger partial charge in [-0.3, -0.25) is 0 Å². The van der Waals surface area contributed by atoms with Gasteiger partial charge in [-0.25, -0.2) is 4.39 Å². The summed E-state index contributed by atoms with van der Waals surface area (Å²) in [7, 11) is 0. The molecule has 1 aromatic rings. The van der Waals surface area contributed by atoms with E-state index in [1.165, 1.54) is 5.56 Å². The van der Waals surface area contributed by atoms with Crippen molar-refractivity contribution < 1.29 is 4.39 Å². The number of hydrogen-bond acceptors (Lipinski definition) is 1. The van der Waals surface area contributed by atoms with Crippen LogP contribution in [-0.2, 0) is 6.42 Å². The molecule has 0 aliphatic carbocycles. The average molecular weight is 223 g/mol. The Balaban J connectivity index is 2.78. The second-order valence-corrected chi connectivity index (χ2v) is 5.12. The van der Waals surface area contributed by atoms with Crippen molar-refractivity contribution in [3.05, 3.63) is 35.4 Å². The highest BCUT2D eigenvalue weighted by Gasteiger charge is 2.16. The van der Waals surface area contributed by atoms with E-state index in [1.54, 1.807) is 13.8 Å². The normalized spacial score (nSPS) is 13.8. The van der Waals surface area contributed by atoms with Gasteiger partial charge in [0.1, 0.15) is 5.67 Å². The van der Waals surface area contributed by atoms with E-state index in [-0.39, 0.29) is 0 Å². The van der Waals surface area contributed by atoms with Crippen LogP contribution in [0, 0.1) is 0 Å². The number of nitrogens with two attached hydrogens (primary N) is 1. The maximum absolute atomic E-state index is 13.5. The molecule has 0 saturated carbocycles. The van der Waals surface area contributed by atoms with E-state index < -0.39 is 5.67 Å². The van der Waals surface area contributed by atoms with Gasteiger partial charge < -0.3 is 5.73 Å². The lowest BCUT2D eigenvalue weighted by atomic mass is 9.93. The van der Waals surface area contributed by atoms with E-state index in [1.807, 2.05) is 12.1 Å². The fourth-order valence-electron chi connectivity index (χ4n) is 1.91. The molecule has 90 valence electrons. The molecule has 0 spiro atoms. The van der Waals surface area contributed by atoms with Gasteiger partial charge >= 0.3 is 0 Å². The highest BCUT2D eigenvalue weighted by atomic mass is 19.1. The van der Waals surface area contributed by atoms with Crippen molar-refractivity contribution in [2.24, 2.45) is 5.73 Å². The first-order chi connectivity index (χ1) is 7.42. The van der Waals surface area contributed by atoms with Crippen molar-refractivity contribution in [2.45, 2.75) is 45.2 Å². The molecule has 0 amide bonds. The molecule has 1 rings (SSSR count). The first kappa shape index (κ1) is 13.2. The van der Waals surface area contributed by atoms with Crippen LogP contribution in [0.2, 0.25) is 0 Å². The predicted octanol–water partition coefficient (Wildman–Crippen LogP) is 3.43. The molecule has 0 aliphatic rings. The molecule has 0 heterocycles. The number of alkyl halides is 1. The molecule has 0 bridgehead atoms. The summed E-state index contributed by atoms with van der Waals surface area (Å²) < 4.78 is 13.5. The summed E-state index contributed by atoms with van der Waals surface area (Å²) in [5, 5.41) is 0. The van der Waals surface area contributed by atoms with E-state index in [0.29, 0.717) is 18.9 Å². The Bertz CT molecular complexity index is 328. The molecule has 0 aliphatic heterocycles. The Morgan fingerprint density at radius 3 is 2.62 bits per heavy atom.